The first-order valence-corrected chi connectivity index (χ1v) is 9.53. The first-order valence-electron chi connectivity index (χ1n) is 9.53. The molecule has 0 aromatic carbocycles. The molecule has 0 atom stereocenters. The molecule has 7 nitrogen and oxygen atoms in total. The number of ether oxygens (including phenoxy) is 2. The second kappa shape index (κ2) is 8.45. The predicted octanol–water partition coefficient (Wildman–Crippen LogP) is 4.80. The molecule has 2 aromatic rings. The fraction of sp³-hybridized carbons (Fsp3) is 0.500. The number of aromatic nitrogens is 3. The van der Waals surface area contributed by atoms with E-state index < -0.39 is 17.5 Å². The van der Waals surface area contributed by atoms with Gasteiger partial charge in [0.1, 0.15) is 22.7 Å². The molecule has 2 aromatic heterocycles. The maximum atomic E-state index is 12.7. The normalized spacial score (nSPS) is 15.7. The summed E-state index contributed by atoms with van der Waals surface area (Å²) in [5.74, 6) is 0.348. The Morgan fingerprint density at radius 2 is 1.73 bits per heavy atom. The summed E-state index contributed by atoms with van der Waals surface area (Å²) in [5.41, 5.74) is -0.958. The van der Waals surface area contributed by atoms with Gasteiger partial charge in [0, 0.05) is 31.4 Å². The van der Waals surface area contributed by atoms with Crippen molar-refractivity contribution in [3.05, 3.63) is 42.1 Å². The van der Waals surface area contributed by atoms with Crippen LogP contribution in [0, 0.1) is 0 Å². The van der Waals surface area contributed by atoms with Crippen molar-refractivity contribution in [2.75, 3.05) is 13.1 Å². The lowest BCUT2D eigenvalue weighted by Gasteiger charge is -2.33. The monoisotopic (exact) mass is 424 g/mol. The first-order chi connectivity index (χ1) is 14.0. The fourth-order valence-corrected chi connectivity index (χ4v) is 3.08. The van der Waals surface area contributed by atoms with Crippen molar-refractivity contribution in [3.8, 4) is 11.6 Å². The third kappa shape index (κ3) is 5.58. The van der Waals surface area contributed by atoms with E-state index in [2.05, 4.69) is 15.0 Å². The zero-order valence-electron chi connectivity index (χ0n) is 16.9. The highest BCUT2D eigenvalue weighted by atomic mass is 19.4. The molecule has 0 bridgehead atoms. The van der Waals surface area contributed by atoms with Gasteiger partial charge in [-0.05, 0) is 45.7 Å². The van der Waals surface area contributed by atoms with E-state index >= 15 is 0 Å². The van der Waals surface area contributed by atoms with Crippen LogP contribution in [-0.2, 0) is 10.9 Å². The van der Waals surface area contributed by atoms with E-state index in [9.17, 15) is 18.0 Å². The summed E-state index contributed by atoms with van der Waals surface area (Å²) in [7, 11) is 0. The molecule has 1 amide bonds. The van der Waals surface area contributed by atoms with Gasteiger partial charge < -0.3 is 14.4 Å². The fourth-order valence-electron chi connectivity index (χ4n) is 3.08. The Hall–Kier alpha value is -2.91. The van der Waals surface area contributed by atoms with E-state index in [1.54, 1.807) is 4.90 Å². The van der Waals surface area contributed by atoms with Crippen LogP contribution in [0.25, 0.3) is 0 Å². The molecule has 1 saturated heterocycles. The van der Waals surface area contributed by atoms with Crippen LogP contribution in [0.5, 0.6) is 11.6 Å². The maximum Gasteiger partial charge on any atom is 0.433 e. The molecule has 0 unspecified atom stereocenters. The number of carbonyl (C=O) groups excluding carboxylic acids is 1. The Morgan fingerprint density at radius 3 is 2.30 bits per heavy atom. The van der Waals surface area contributed by atoms with Crippen LogP contribution < -0.4 is 4.74 Å². The first kappa shape index (κ1) is 21.8. The van der Waals surface area contributed by atoms with Crippen molar-refractivity contribution in [2.24, 2.45) is 0 Å². The number of amides is 1. The SMILES string of the molecule is CC(C)(C)OC(=O)N1CCC(c2nccnc2Oc2ccc(C(F)(F)F)nc2)CC1. The highest BCUT2D eigenvalue weighted by Crippen LogP contribution is 2.34. The summed E-state index contributed by atoms with van der Waals surface area (Å²) in [5, 5.41) is 0. The molecule has 0 spiro atoms. The van der Waals surface area contributed by atoms with Gasteiger partial charge >= 0.3 is 12.3 Å². The highest BCUT2D eigenvalue weighted by Gasteiger charge is 2.32. The van der Waals surface area contributed by atoms with Crippen LogP contribution in [0.1, 0.15) is 50.9 Å². The van der Waals surface area contributed by atoms with E-state index in [1.165, 1.54) is 18.5 Å². The third-order valence-corrected chi connectivity index (χ3v) is 4.47. The van der Waals surface area contributed by atoms with Crippen LogP contribution in [-0.4, -0.2) is 44.6 Å². The molecular weight excluding hydrogens is 401 g/mol. The topological polar surface area (TPSA) is 77.4 Å². The number of halogens is 3. The Kier molecular flexibility index (Phi) is 6.14. The number of likely N-dealkylation sites (tertiary alicyclic amines) is 1. The largest absolute Gasteiger partial charge is 0.444 e. The summed E-state index contributed by atoms with van der Waals surface area (Å²) in [4.78, 5) is 25.8. The van der Waals surface area contributed by atoms with Crippen molar-refractivity contribution in [1.29, 1.82) is 0 Å². The Bertz CT molecular complexity index is 874. The average molecular weight is 424 g/mol. The van der Waals surface area contributed by atoms with Gasteiger partial charge in [-0.2, -0.15) is 13.2 Å². The summed E-state index contributed by atoms with van der Waals surface area (Å²) < 4.78 is 49.1. The van der Waals surface area contributed by atoms with Crippen LogP contribution in [0.4, 0.5) is 18.0 Å². The van der Waals surface area contributed by atoms with E-state index in [0.717, 1.165) is 12.3 Å². The quantitative estimate of drug-likeness (QED) is 0.705. The predicted molar refractivity (Wildman–Crippen MR) is 101 cm³/mol. The molecule has 3 rings (SSSR count). The van der Waals surface area contributed by atoms with E-state index in [4.69, 9.17) is 9.47 Å². The lowest BCUT2D eigenvalue weighted by molar-refractivity contribution is -0.141. The number of hydrogen-bond acceptors (Lipinski definition) is 6. The average Bonchev–Trinajstić information content (AvgIpc) is 2.67. The van der Waals surface area contributed by atoms with Crippen LogP contribution in [0.3, 0.4) is 0 Å². The van der Waals surface area contributed by atoms with Crippen LogP contribution in [0.15, 0.2) is 30.7 Å². The number of alkyl halides is 3. The zero-order valence-corrected chi connectivity index (χ0v) is 16.9. The minimum Gasteiger partial charge on any atom is -0.444 e. The maximum absolute atomic E-state index is 12.7. The van der Waals surface area contributed by atoms with Gasteiger partial charge in [0.05, 0.1) is 6.20 Å². The molecule has 0 N–H and O–H groups in total. The van der Waals surface area contributed by atoms with Crippen molar-refractivity contribution < 1.29 is 27.4 Å². The van der Waals surface area contributed by atoms with Crippen molar-refractivity contribution in [1.82, 2.24) is 19.9 Å². The van der Waals surface area contributed by atoms with E-state index in [1.807, 2.05) is 20.8 Å². The van der Waals surface area contributed by atoms with Crippen LogP contribution >= 0.6 is 0 Å². The van der Waals surface area contributed by atoms with Crippen molar-refractivity contribution in [2.45, 2.75) is 51.3 Å². The second-order valence-electron chi connectivity index (χ2n) is 7.97. The minimum atomic E-state index is -4.52. The summed E-state index contributed by atoms with van der Waals surface area (Å²) in [6.45, 7) is 6.44. The highest BCUT2D eigenvalue weighted by molar-refractivity contribution is 5.68. The number of nitrogens with zero attached hydrogens (tertiary/aromatic N) is 4. The molecule has 10 heteroatoms. The molecule has 1 aliphatic heterocycles. The van der Waals surface area contributed by atoms with E-state index in [0.29, 0.717) is 31.6 Å². The Balaban J connectivity index is 1.67. The zero-order chi connectivity index (χ0) is 21.9. The van der Waals surface area contributed by atoms with Gasteiger partial charge in [0.25, 0.3) is 0 Å². The number of pyridine rings is 1. The second-order valence-corrected chi connectivity index (χ2v) is 7.97. The standard InChI is InChI=1S/C20H23F3N4O3/c1-19(2,3)30-18(28)27-10-6-13(7-11-27)16-17(25-9-8-24-16)29-14-4-5-15(26-12-14)20(21,22)23/h4-5,8-9,12-13H,6-7,10-11H2,1-3H3. The van der Waals surface area contributed by atoms with Crippen LogP contribution in [0.2, 0.25) is 0 Å². The number of piperidine rings is 1. The summed E-state index contributed by atoms with van der Waals surface area (Å²) in [6, 6.07) is 2.05. The molecule has 0 aliphatic carbocycles. The van der Waals surface area contributed by atoms with Gasteiger partial charge in [0.2, 0.25) is 5.88 Å². The molecule has 1 fully saturated rings. The summed E-state index contributed by atoms with van der Waals surface area (Å²) >= 11 is 0. The number of carbonyl (C=O) groups is 1. The van der Waals surface area contributed by atoms with Crippen molar-refractivity contribution in [3.63, 3.8) is 0 Å². The van der Waals surface area contributed by atoms with Gasteiger partial charge in [-0.15, -0.1) is 0 Å². The van der Waals surface area contributed by atoms with E-state index in [-0.39, 0.29) is 23.6 Å². The Labute approximate surface area is 172 Å². The third-order valence-electron chi connectivity index (χ3n) is 4.47. The van der Waals surface area contributed by atoms with Gasteiger partial charge in [-0.3, -0.25) is 4.98 Å². The Morgan fingerprint density at radius 1 is 1.07 bits per heavy atom. The van der Waals surface area contributed by atoms with Gasteiger partial charge in [0.15, 0.2) is 0 Å². The number of rotatable bonds is 3. The molecule has 3 heterocycles. The minimum absolute atomic E-state index is 0.00482. The number of hydrogen-bond donors (Lipinski definition) is 0. The van der Waals surface area contributed by atoms with Crippen molar-refractivity contribution >= 4 is 6.09 Å². The van der Waals surface area contributed by atoms with Gasteiger partial charge in [-0.1, -0.05) is 0 Å². The molecule has 0 saturated carbocycles. The smallest absolute Gasteiger partial charge is 0.433 e. The lowest BCUT2D eigenvalue weighted by Crippen LogP contribution is -2.41. The summed E-state index contributed by atoms with van der Waals surface area (Å²) in [6.07, 6.45) is 0.399. The molecule has 162 valence electrons. The van der Waals surface area contributed by atoms with Gasteiger partial charge in [-0.25, -0.2) is 14.8 Å². The lowest BCUT2D eigenvalue weighted by atomic mass is 9.93. The molecule has 30 heavy (non-hydrogen) atoms. The molecular formula is C20H23F3N4O3. The molecule has 0 radical (unpaired) electrons. The molecule has 1 aliphatic rings.